The lowest BCUT2D eigenvalue weighted by Crippen LogP contribution is -2.34. The second-order valence-electron chi connectivity index (χ2n) is 7.18. The van der Waals surface area contributed by atoms with Crippen LogP contribution in [0, 0.1) is 5.92 Å². The number of carbonyl (C=O) groups is 2. The average Bonchev–Trinajstić information content (AvgIpc) is 2.93. The molecule has 0 aromatic heterocycles. The molecule has 1 aliphatic carbocycles. The first-order valence-electron chi connectivity index (χ1n) is 8.01. The van der Waals surface area contributed by atoms with Gasteiger partial charge in [0.15, 0.2) is 0 Å². The summed E-state index contributed by atoms with van der Waals surface area (Å²) in [4.78, 5) is 24.0. The lowest BCUT2D eigenvalue weighted by Gasteiger charge is -2.19. The van der Waals surface area contributed by atoms with Gasteiger partial charge in [-0.1, -0.05) is 32.9 Å². The van der Waals surface area contributed by atoms with Gasteiger partial charge in [0.2, 0.25) is 5.91 Å². The summed E-state index contributed by atoms with van der Waals surface area (Å²) in [5.41, 5.74) is 1.40. The van der Waals surface area contributed by atoms with Crippen molar-refractivity contribution in [3.05, 3.63) is 29.8 Å². The average molecular weight is 335 g/mol. The first-order valence-corrected chi connectivity index (χ1v) is 9.00. The number of carboxylic acid groups (broad SMARTS) is 1. The molecule has 0 unspecified atom stereocenters. The molecule has 0 heterocycles. The lowest BCUT2D eigenvalue weighted by molar-refractivity contribution is -0.141. The Morgan fingerprint density at radius 1 is 1.22 bits per heavy atom. The van der Waals surface area contributed by atoms with Gasteiger partial charge in [-0.15, -0.1) is 11.8 Å². The van der Waals surface area contributed by atoms with Crippen LogP contribution in [0.5, 0.6) is 0 Å². The normalized spacial score (nSPS) is 21.2. The molecular weight excluding hydrogens is 310 g/mol. The highest BCUT2D eigenvalue weighted by Gasteiger charge is 2.30. The topological polar surface area (TPSA) is 66.4 Å². The summed E-state index contributed by atoms with van der Waals surface area (Å²) in [7, 11) is 0. The van der Waals surface area contributed by atoms with Crippen molar-refractivity contribution < 1.29 is 14.7 Å². The number of carbonyl (C=O) groups excluding carboxylic acids is 1. The lowest BCUT2D eigenvalue weighted by atomic mass is 9.87. The maximum absolute atomic E-state index is 12.0. The highest BCUT2D eigenvalue weighted by Crippen LogP contribution is 2.27. The Balaban J connectivity index is 1.77. The van der Waals surface area contributed by atoms with Gasteiger partial charge in [-0.25, -0.2) is 0 Å². The number of rotatable bonds is 5. The van der Waals surface area contributed by atoms with Crippen molar-refractivity contribution in [2.75, 3.05) is 5.75 Å². The van der Waals surface area contributed by atoms with Crippen LogP contribution in [-0.4, -0.2) is 28.8 Å². The Morgan fingerprint density at radius 3 is 2.39 bits per heavy atom. The first-order chi connectivity index (χ1) is 10.8. The third-order valence-electron chi connectivity index (χ3n) is 4.24. The standard InChI is InChI=1S/C18H25NO3S/c1-18(2,3)13-5-8-15(9-6-13)23-11-16(20)19-14-7-4-12(10-14)17(21)22/h5-6,8-9,12,14H,4,7,10-11H2,1-3H3,(H,19,20)(H,21,22)/t12-,14+/m1/s1. The second kappa shape index (κ2) is 7.39. The predicted molar refractivity (Wildman–Crippen MR) is 92.8 cm³/mol. The third kappa shape index (κ3) is 5.27. The largest absolute Gasteiger partial charge is 0.481 e. The van der Waals surface area contributed by atoms with E-state index in [4.69, 9.17) is 5.11 Å². The van der Waals surface area contributed by atoms with Crippen molar-refractivity contribution >= 4 is 23.6 Å². The molecule has 1 saturated carbocycles. The molecule has 5 heteroatoms. The number of thioether (sulfide) groups is 1. The van der Waals surface area contributed by atoms with Crippen LogP contribution in [0.3, 0.4) is 0 Å². The van der Waals surface area contributed by atoms with Crippen LogP contribution in [0.15, 0.2) is 29.2 Å². The van der Waals surface area contributed by atoms with Crippen molar-refractivity contribution in [1.29, 1.82) is 0 Å². The number of aliphatic carboxylic acids is 1. The van der Waals surface area contributed by atoms with Crippen LogP contribution >= 0.6 is 11.8 Å². The fourth-order valence-corrected chi connectivity index (χ4v) is 3.52. The summed E-state index contributed by atoms with van der Waals surface area (Å²) in [6, 6.07) is 8.32. The fraction of sp³-hybridized carbons (Fsp3) is 0.556. The van der Waals surface area contributed by atoms with Gasteiger partial charge < -0.3 is 10.4 Å². The molecule has 4 nitrogen and oxygen atoms in total. The zero-order valence-corrected chi connectivity index (χ0v) is 14.8. The van der Waals surface area contributed by atoms with Gasteiger partial charge in [-0.3, -0.25) is 9.59 Å². The van der Waals surface area contributed by atoms with Crippen molar-refractivity contribution in [2.24, 2.45) is 5.92 Å². The Labute approximate surface area is 142 Å². The molecule has 2 atom stereocenters. The summed E-state index contributed by atoms with van der Waals surface area (Å²) < 4.78 is 0. The Bertz CT molecular complexity index is 563. The van der Waals surface area contributed by atoms with Crippen LogP contribution in [0.2, 0.25) is 0 Å². The molecule has 1 aliphatic rings. The highest BCUT2D eigenvalue weighted by molar-refractivity contribution is 8.00. The molecule has 0 saturated heterocycles. The molecule has 2 rings (SSSR count). The van der Waals surface area contributed by atoms with Crippen LogP contribution in [0.4, 0.5) is 0 Å². The van der Waals surface area contributed by atoms with Crippen LogP contribution in [0.1, 0.15) is 45.6 Å². The van der Waals surface area contributed by atoms with Gasteiger partial charge in [-0.2, -0.15) is 0 Å². The van der Waals surface area contributed by atoms with Crippen LogP contribution in [-0.2, 0) is 15.0 Å². The van der Waals surface area contributed by atoms with E-state index in [-0.39, 0.29) is 23.3 Å². The number of nitrogens with one attached hydrogen (secondary N) is 1. The van der Waals surface area contributed by atoms with Crippen molar-refractivity contribution in [1.82, 2.24) is 5.32 Å². The Kier molecular flexibility index (Phi) is 5.74. The molecule has 2 N–H and O–H groups in total. The van der Waals surface area contributed by atoms with Crippen LogP contribution < -0.4 is 5.32 Å². The molecular formula is C18H25NO3S. The number of hydrogen-bond acceptors (Lipinski definition) is 3. The molecule has 0 aliphatic heterocycles. The van der Waals surface area contributed by atoms with E-state index >= 15 is 0 Å². The molecule has 1 amide bonds. The smallest absolute Gasteiger partial charge is 0.306 e. The second-order valence-corrected chi connectivity index (χ2v) is 8.22. The molecule has 0 bridgehead atoms. The van der Waals surface area contributed by atoms with Gasteiger partial charge in [0.1, 0.15) is 0 Å². The molecule has 126 valence electrons. The van der Waals surface area contributed by atoms with E-state index in [9.17, 15) is 9.59 Å². The van der Waals surface area contributed by atoms with Crippen molar-refractivity contribution in [3.63, 3.8) is 0 Å². The molecule has 1 aromatic carbocycles. The zero-order valence-electron chi connectivity index (χ0n) is 14.0. The van der Waals surface area contributed by atoms with Gasteiger partial charge in [0.25, 0.3) is 0 Å². The minimum Gasteiger partial charge on any atom is -0.481 e. The molecule has 0 spiro atoms. The summed E-state index contributed by atoms with van der Waals surface area (Å²) in [6.45, 7) is 6.53. The maximum Gasteiger partial charge on any atom is 0.306 e. The van der Waals surface area contributed by atoms with Crippen LogP contribution in [0.25, 0.3) is 0 Å². The van der Waals surface area contributed by atoms with Crippen molar-refractivity contribution in [3.8, 4) is 0 Å². The zero-order chi connectivity index (χ0) is 17.0. The SMILES string of the molecule is CC(C)(C)c1ccc(SCC(=O)N[C@H]2CC[C@@H](C(=O)O)C2)cc1. The summed E-state index contributed by atoms with van der Waals surface area (Å²) in [5.74, 6) is -0.720. The fourth-order valence-electron chi connectivity index (χ4n) is 2.81. The van der Waals surface area contributed by atoms with E-state index in [2.05, 4.69) is 50.4 Å². The van der Waals surface area contributed by atoms with E-state index in [1.807, 2.05) is 0 Å². The van der Waals surface area contributed by atoms with E-state index in [0.29, 0.717) is 18.6 Å². The highest BCUT2D eigenvalue weighted by atomic mass is 32.2. The van der Waals surface area contributed by atoms with E-state index in [1.54, 1.807) is 0 Å². The van der Waals surface area contributed by atoms with E-state index < -0.39 is 5.97 Å². The third-order valence-corrected chi connectivity index (χ3v) is 5.25. The predicted octanol–water partition coefficient (Wildman–Crippen LogP) is 3.45. The minimum absolute atomic E-state index is 0.00691. The number of carboxylic acids is 1. The minimum atomic E-state index is -0.755. The van der Waals surface area contributed by atoms with E-state index in [0.717, 1.165) is 11.3 Å². The molecule has 1 aromatic rings. The monoisotopic (exact) mass is 335 g/mol. The molecule has 23 heavy (non-hydrogen) atoms. The Morgan fingerprint density at radius 2 is 1.87 bits per heavy atom. The maximum atomic E-state index is 12.0. The Hall–Kier alpha value is -1.49. The number of benzene rings is 1. The van der Waals surface area contributed by atoms with Crippen molar-refractivity contribution in [2.45, 2.75) is 56.4 Å². The number of amides is 1. The molecule has 1 fully saturated rings. The number of hydrogen-bond donors (Lipinski definition) is 2. The summed E-state index contributed by atoms with van der Waals surface area (Å²) in [5, 5.41) is 11.9. The van der Waals surface area contributed by atoms with Gasteiger partial charge in [-0.05, 0) is 42.4 Å². The van der Waals surface area contributed by atoms with Gasteiger partial charge in [0.05, 0.1) is 11.7 Å². The summed E-state index contributed by atoms with van der Waals surface area (Å²) >= 11 is 1.51. The van der Waals surface area contributed by atoms with Gasteiger partial charge in [0, 0.05) is 10.9 Å². The first kappa shape index (κ1) is 17.9. The molecule has 0 radical (unpaired) electrons. The van der Waals surface area contributed by atoms with Gasteiger partial charge >= 0.3 is 5.97 Å². The summed E-state index contributed by atoms with van der Waals surface area (Å²) in [6.07, 6.45) is 1.96. The quantitative estimate of drug-likeness (QED) is 0.809. The van der Waals surface area contributed by atoms with E-state index in [1.165, 1.54) is 17.3 Å².